The molecule has 1 saturated carbocycles. The minimum Gasteiger partial charge on any atom is -0.310 e. The largest absolute Gasteiger partial charge is 0.310 e. The molecule has 0 radical (unpaired) electrons. The van der Waals surface area contributed by atoms with Crippen molar-refractivity contribution in [3.8, 4) is 0 Å². The first-order valence-electron chi connectivity index (χ1n) is 5.12. The number of halogens is 1. The van der Waals surface area contributed by atoms with Gasteiger partial charge in [-0.15, -0.1) is 12.4 Å². The Kier molecular flexibility index (Phi) is 4.22. The fourth-order valence-electron chi connectivity index (χ4n) is 2.35. The molecule has 1 atom stereocenters. The van der Waals surface area contributed by atoms with Crippen LogP contribution in [0.1, 0.15) is 32.1 Å². The molecule has 5 heteroatoms. The first-order valence-corrected chi connectivity index (χ1v) is 6.94. The van der Waals surface area contributed by atoms with E-state index in [9.17, 15) is 8.42 Å². The van der Waals surface area contributed by atoms with Gasteiger partial charge in [-0.2, -0.15) is 0 Å². The summed E-state index contributed by atoms with van der Waals surface area (Å²) >= 11 is 0. The molecule has 0 aromatic rings. The zero-order valence-corrected chi connectivity index (χ0v) is 9.87. The van der Waals surface area contributed by atoms with Gasteiger partial charge in [0.25, 0.3) is 0 Å². The van der Waals surface area contributed by atoms with Crippen LogP contribution < -0.4 is 5.32 Å². The van der Waals surface area contributed by atoms with E-state index in [0.29, 0.717) is 17.5 Å². The highest BCUT2D eigenvalue weighted by Gasteiger charge is 2.29. The quantitative estimate of drug-likeness (QED) is 0.786. The van der Waals surface area contributed by atoms with Gasteiger partial charge in [0.1, 0.15) is 0 Å². The van der Waals surface area contributed by atoms with Crippen LogP contribution in [0.15, 0.2) is 0 Å². The molecule has 0 spiro atoms. The van der Waals surface area contributed by atoms with E-state index in [1.54, 1.807) is 0 Å². The van der Waals surface area contributed by atoms with Crippen molar-refractivity contribution >= 4 is 22.2 Å². The predicted molar refractivity (Wildman–Crippen MR) is 59.7 cm³/mol. The van der Waals surface area contributed by atoms with Crippen molar-refractivity contribution in [1.29, 1.82) is 0 Å². The second kappa shape index (κ2) is 4.81. The summed E-state index contributed by atoms with van der Waals surface area (Å²) in [5, 5.41) is 3.45. The predicted octanol–water partition coefficient (Wildman–Crippen LogP) is 1.13. The monoisotopic (exact) mass is 239 g/mol. The summed E-state index contributed by atoms with van der Waals surface area (Å²) in [7, 11) is -2.70. The first-order chi connectivity index (χ1) is 6.16. The molecule has 1 heterocycles. The lowest BCUT2D eigenvalue weighted by Gasteiger charge is -2.16. The van der Waals surface area contributed by atoms with Gasteiger partial charge >= 0.3 is 0 Å². The van der Waals surface area contributed by atoms with Gasteiger partial charge in [-0.05, 0) is 19.3 Å². The lowest BCUT2D eigenvalue weighted by molar-refractivity contribution is 0.455. The molecule has 1 aliphatic carbocycles. The smallest absolute Gasteiger partial charge is 0.151 e. The summed E-state index contributed by atoms with van der Waals surface area (Å²) < 4.78 is 22.3. The maximum Gasteiger partial charge on any atom is 0.151 e. The van der Waals surface area contributed by atoms with Crippen LogP contribution in [0.4, 0.5) is 0 Å². The maximum atomic E-state index is 11.2. The Bertz CT molecular complexity index is 273. The molecule has 1 unspecified atom stereocenters. The second-order valence-corrected chi connectivity index (χ2v) is 6.48. The zero-order chi connectivity index (χ0) is 9.31. The fraction of sp³-hybridized carbons (Fsp3) is 1.00. The van der Waals surface area contributed by atoms with Crippen LogP contribution in [-0.4, -0.2) is 32.0 Å². The lowest BCUT2D eigenvalue weighted by atomic mass is 10.2. The minimum absolute atomic E-state index is 0. The SMILES string of the molecule is Cl.O=S1(=O)CCC(NC2CCCC2)C1. The van der Waals surface area contributed by atoms with Gasteiger partial charge in [0, 0.05) is 12.1 Å². The lowest BCUT2D eigenvalue weighted by Crippen LogP contribution is -2.37. The number of hydrogen-bond acceptors (Lipinski definition) is 3. The molecule has 2 fully saturated rings. The van der Waals surface area contributed by atoms with Gasteiger partial charge < -0.3 is 5.32 Å². The molecule has 14 heavy (non-hydrogen) atoms. The number of rotatable bonds is 2. The molecule has 2 rings (SSSR count). The molecular weight excluding hydrogens is 222 g/mol. The Morgan fingerprint density at radius 1 is 1.00 bits per heavy atom. The van der Waals surface area contributed by atoms with Crippen LogP contribution in [0.2, 0.25) is 0 Å². The number of hydrogen-bond donors (Lipinski definition) is 1. The first kappa shape index (κ1) is 12.3. The molecule has 84 valence electrons. The third kappa shape index (κ3) is 3.11. The maximum absolute atomic E-state index is 11.2. The average molecular weight is 240 g/mol. The molecular formula is C9H18ClNO2S. The summed E-state index contributed by atoms with van der Waals surface area (Å²) in [4.78, 5) is 0. The summed E-state index contributed by atoms with van der Waals surface area (Å²) in [6, 6.07) is 0.839. The molecule has 1 saturated heterocycles. The van der Waals surface area contributed by atoms with Crippen molar-refractivity contribution in [2.75, 3.05) is 11.5 Å². The van der Waals surface area contributed by atoms with Gasteiger partial charge in [0.15, 0.2) is 9.84 Å². The van der Waals surface area contributed by atoms with Crippen molar-refractivity contribution in [2.45, 2.75) is 44.2 Å². The van der Waals surface area contributed by atoms with Crippen LogP contribution in [0.25, 0.3) is 0 Å². The summed E-state index contributed by atoms with van der Waals surface area (Å²) in [5.41, 5.74) is 0. The Hall–Kier alpha value is 0.200. The molecule has 2 aliphatic rings. The Labute approximate surface area is 92.0 Å². The van der Waals surface area contributed by atoms with Crippen LogP contribution >= 0.6 is 12.4 Å². The Morgan fingerprint density at radius 2 is 1.64 bits per heavy atom. The third-order valence-corrected chi connectivity index (χ3v) is 4.83. The van der Waals surface area contributed by atoms with Gasteiger partial charge in [-0.1, -0.05) is 12.8 Å². The molecule has 0 aromatic carbocycles. The zero-order valence-electron chi connectivity index (χ0n) is 8.24. The minimum atomic E-state index is -2.70. The number of sulfone groups is 1. The Balaban J connectivity index is 0.000000980. The van der Waals surface area contributed by atoms with Crippen LogP contribution in [0.5, 0.6) is 0 Å². The van der Waals surface area contributed by atoms with Crippen molar-refractivity contribution < 1.29 is 8.42 Å². The van der Waals surface area contributed by atoms with Gasteiger partial charge in [-0.3, -0.25) is 0 Å². The third-order valence-electron chi connectivity index (χ3n) is 3.06. The molecule has 0 bridgehead atoms. The highest BCUT2D eigenvalue weighted by Crippen LogP contribution is 2.20. The fourth-order valence-corrected chi connectivity index (χ4v) is 4.04. The van der Waals surface area contributed by atoms with E-state index in [1.165, 1.54) is 25.7 Å². The van der Waals surface area contributed by atoms with Crippen molar-refractivity contribution in [3.63, 3.8) is 0 Å². The average Bonchev–Trinajstić information content (AvgIpc) is 2.61. The Morgan fingerprint density at radius 3 is 2.14 bits per heavy atom. The van der Waals surface area contributed by atoms with E-state index >= 15 is 0 Å². The van der Waals surface area contributed by atoms with Gasteiger partial charge in [0.05, 0.1) is 11.5 Å². The van der Waals surface area contributed by atoms with E-state index in [1.807, 2.05) is 0 Å². The van der Waals surface area contributed by atoms with Gasteiger partial charge in [0.2, 0.25) is 0 Å². The topological polar surface area (TPSA) is 46.2 Å². The van der Waals surface area contributed by atoms with E-state index < -0.39 is 9.84 Å². The van der Waals surface area contributed by atoms with Crippen molar-refractivity contribution in [2.24, 2.45) is 0 Å². The molecule has 0 aromatic heterocycles. The van der Waals surface area contributed by atoms with Crippen molar-refractivity contribution in [1.82, 2.24) is 5.32 Å². The van der Waals surface area contributed by atoms with E-state index in [4.69, 9.17) is 0 Å². The van der Waals surface area contributed by atoms with E-state index in [0.717, 1.165) is 6.42 Å². The van der Waals surface area contributed by atoms with Crippen LogP contribution in [0, 0.1) is 0 Å². The van der Waals surface area contributed by atoms with Crippen molar-refractivity contribution in [3.05, 3.63) is 0 Å². The molecule has 1 N–H and O–H groups in total. The van der Waals surface area contributed by atoms with Crippen LogP contribution in [-0.2, 0) is 9.84 Å². The summed E-state index contributed by atoms with van der Waals surface area (Å²) in [6.45, 7) is 0. The second-order valence-electron chi connectivity index (χ2n) is 4.25. The molecule has 1 aliphatic heterocycles. The summed E-state index contributed by atoms with van der Waals surface area (Å²) in [5.74, 6) is 0.751. The van der Waals surface area contributed by atoms with E-state index in [-0.39, 0.29) is 18.4 Å². The number of nitrogens with one attached hydrogen (secondary N) is 1. The molecule has 3 nitrogen and oxygen atoms in total. The van der Waals surface area contributed by atoms with E-state index in [2.05, 4.69) is 5.32 Å². The highest BCUT2D eigenvalue weighted by molar-refractivity contribution is 7.91. The van der Waals surface area contributed by atoms with Gasteiger partial charge in [-0.25, -0.2) is 8.42 Å². The summed E-state index contributed by atoms with van der Waals surface area (Å²) in [6.07, 6.45) is 5.89. The normalized spacial score (nSPS) is 31.6. The van der Waals surface area contributed by atoms with Crippen LogP contribution in [0.3, 0.4) is 0 Å². The highest BCUT2D eigenvalue weighted by atomic mass is 35.5. The molecule has 0 amide bonds. The standard InChI is InChI=1S/C9H17NO2S.ClH/c11-13(12)6-5-9(7-13)10-8-3-1-2-4-8;/h8-10H,1-7H2;1H.